The molecule has 0 atom stereocenters. The number of furan rings is 1. The summed E-state index contributed by atoms with van der Waals surface area (Å²) in [6.45, 7) is 3.84. The molecular weight excluding hydrogens is 328 g/mol. The second-order valence-electron chi connectivity index (χ2n) is 5.21. The van der Waals surface area contributed by atoms with Crippen LogP contribution in [0.15, 0.2) is 52.2 Å². The lowest BCUT2D eigenvalue weighted by atomic mass is 10.2. The van der Waals surface area contributed by atoms with E-state index in [4.69, 9.17) is 16.0 Å². The van der Waals surface area contributed by atoms with Crippen molar-refractivity contribution in [3.63, 3.8) is 0 Å². The molecule has 0 radical (unpaired) electrons. The van der Waals surface area contributed by atoms with Gasteiger partial charge in [0, 0.05) is 0 Å². The molecule has 1 amide bonds. The number of aryl methyl sites for hydroxylation is 2. The van der Waals surface area contributed by atoms with Gasteiger partial charge in [0.1, 0.15) is 5.15 Å². The normalized spacial score (nSPS) is 11.1. The molecule has 0 aliphatic rings. The van der Waals surface area contributed by atoms with Gasteiger partial charge >= 0.3 is 5.91 Å². The van der Waals surface area contributed by atoms with E-state index in [0.717, 1.165) is 11.3 Å². The monoisotopic (exact) mass is 342 g/mol. The maximum Gasteiger partial charge on any atom is 0.307 e. The molecule has 122 valence electrons. The Bertz CT molecular complexity index is 880. The number of benzene rings is 1. The molecule has 1 N–H and O–H groups in total. The van der Waals surface area contributed by atoms with Crippen LogP contribution in [0.3, 0.4) is 0 Å². The Kier molecular flexibility index (Phi) is 4.48. The Labute approximate surface area is 143 Å². The van der Waals surface area contributed by atoms with Gasteiger partial charge in [-0.05, 0) is 38.1 Å². The highest BCUT2D eigenvalue weighted by Gasteiger charge is 2.13. The minimum Gasteiger partial charge on any atom is -0.459 e. The lowest BCUT2D eigenvalue weighted by molar-refractivity contribution is 0.0927. The largest absolute Gasteiger partial charge is 0.459 e. The molecule has 2 heterocycles. The average molecular weight is 343 g/mol. The maximum absolute atomic E-state index is 11.8. The van der Waals surface area contributed by atoms with Crippen LogP contribution in [0.4, 0.5) is 0 Å². The van der Waals surface area contributed by atoms with Crippen molar-refractivity contribution in [1.29, 1.82) is 0 Å². The van der Waals surface area contributed by atoms with Gasteiger partial charge in [-0.1, -0.05) is 29.3 Å². The van der Waals surface area contributed by atoms with E-state index in [1.165, 1.54) is 12.5 Å². The molecule has 1 aromatic carbocycles. The third-order valence-corrected chi connectivity index (χ3v) is 3.79. The number of aromatic nitrogens is 2. The molecular formula is C17H15ClN4O2. The van der Waals surface area contributed by atoms with E-state index in [-0.39, 0.29) is 5.76 Å². The molecule has 0 spiro atoms. The van der Waals surface area contributed by atoms with Crippen LogP contribution in [-0.2, 0) is 0 Å². The summed E-state index contributed by atoms with van der Waals surface area (Å²) in [5.74, 6) is -0.249. The van der Waals surface area contributed by atoms with Gasteiger partial charge in [-0.2, -0.15) is 10.2 Å². The quantitative estimate of drug-likeness (QED) is 0.582. The number of hydrogen-bond donors (Lipinski definition) is 1. The van der Waals surface area contributed by atoms with Crippen LogP contribution in [0, 0.1) is 13.8 Å². The van der Waals surface area contributed by atoms with Crippen molar-refractivity contribution in [2.24, 2.45) is 5.10 Å². The summed E-state index contributed by atoms with van der Waals surface area (Å²) in [4.78, 5) is 11.8. The fourth-order valence-corrected chi connectivity index (χ4v) is 2.45. The topological polar surface area (TPSA) is 72.4 Å². The first-order valence-electron chi connectivity index (χ1n) is 7.25. The fraction of sp³-hybridized carbons (Fsp3) is 0.118. The van der Waals surface area contributed by atoms with Gasteiger partial charge in [0.15, 0.2) is 5.76 Å². The number of rotatable bonds is 4. The molecule has 0 aliphatic heterocycles. The number of hydrogen-bond acceptors (Lipinski definition) is 4. The summed E-state index contributed by atoms with van der Waals surface area (Å²) < 4.78 is 6.62. The second-order valence-corrected chi connectivity index (χ2v) is 5.57. The standard InChI is InChI=1S/C17H15ClN4O2/c1-11-5-7-13(8-6-11)22-16(18)14(12(2)21-22)10-19-20-17(23)15-4-3-9-24-15/h3-10H,1-2H3,(H,20,23)/b19-10+. The summed E-state index contributed by atoms with van der Waals surface area (Å²) >= 11 is 6.40. The van der Waals surface area contributed by atoms with Crippen LogP contribution in [0.25, 0.3) is 5.69 Å². The highest BCUT2D eigenvalue weighted by molar-refractivity contribution is 6.32. The second kappa shape index (κ2) is 6.72. The highest BCUT2D eigenvalue weighted by Crippen LogP contribution is 2.22. The number of carbonyl (C=O) groups is 1. The fourth-order valence-electron chi connectivity index (χ4n) is 2.13. The maximum atomic E-state index is 11.8. The summed E-state index contributed by atoms with van der Waals surface area (Å²) in [7, 11) is 0. The van der Waals surface area contributed by atoms with Gasteiger partial charge in [0.2, 0.25) is 0 Å². The minimum absolute atomic E-state index is 0.185. The Morgan fingerprint density at radius 3 is 2.71 bits per heavy atom. The Balaban J connectivity index is 1.80. The van der Waals surface area contributed by atoms with E-state index in [1.54, 1.807) is 16.8 Å². The molecule has 3 rings (SSSR count). The van der Waals surface area contributed by atoms with Crippen molar-refractivity contribution >= 4 is 23.7 Å². The summed E-state index contributed by atoms with van der Waals surface area (Å²) in [5, 5.41) is 8.76. The minimum atomic E-state index is -0.434. The molecule has 0 saturated carbocycles. The average Bonchev–Trinajstić information content (AvgIpc) is 3.19. The van der Waals surface area contributed by atoms with Crippen LogP contribution in [-0.4, -0.2) is 21.9 Å². The first-order valence-corrected chi connectivity index (χ1v) is 7.63. The predicted molar refractivity (Wildman–Crippen MR) is 91.8 cm³/mol. The Hall–Kier alpha value is -2.86. The number of hydrazone groups is 1. The SMILES string of the molecule is Cc1ccc(-n2nc(C)c(/C=N/NC(=O)c3ccco3)c2Cl)cc1. The van der Waals surface area contributed by atoms with E-state index >= 15 is 0 Å². The van der Waals surface area contributed by atoms with Crippen LogP contribution in [0.5, 0.6) is 0 Å². The van der Waals surface area contributed by atoms with E-state index < -0.39 is 5.91 Å². The molecule has 0 saturated heterocycles. The first kappa shape index (κ1) is 16.0. The van der Waals surface area contributed by atoms with Crippen molar-refractivity contribution in [1.82, 2.24) is 15.2 Å². The molecule has 0 unspecified atom stereocenters. The number of halogens is 1. The third kappa shape index (κ3) is 3.23. The highest BCUT2D eigenvalue weighted by atomic mass is 35.5. The third-order valence-electron chi connectivity index (χ3n) is 3.43. The van der Waals surface area contributed by atoms with Crippen LogP contribution in [0.2, 0.25) is 5.15 Å². The molecule has 7 heteroatoms. The van der Waals surface area contributed by atoms with Gasteiger partial charge < -0.3 is 4.42 Å². The summed E-state index contributed by atoms with van der Waals surface area (Å²) in [6.07, 6.45) is 2.89. The van der Waals surface area contributed by atoms with Crippen molar-refractivity contribution in [2.75, 3.05) is 0 Å². The number of amides is 1. The first-order chi connectivity index (χ1) is 11.6. The molecule has 3 aromatic rings. The van der Waals surface area contributed by atoms with Crippen LogP contribution >= 0.6 is 11.6 Å². The predicted octanol–water partition coefficient (Wildman–Crippen LogP) is 3.50. The molecule has 24 heavy (non-hydrogen) atoms. The van der Waals surface area contributed by atoms with Crippen molar-refractivity contribution < 1.29 is 9.21 Å². The number of nitrogens with zero attached hydrogens (tertiary/aromatic N) is 3. The molecule has 6 nitrogen and oxygen atoms in total. The van der Waals surface area contributed by atoms with E-state index in [1.807, 2.05) is 38.1 Å². The van der Waals surface area contributed by atoms with Gasteiger partial charge in [0.25, 0.3) is 0 Å². The number of nitrogens with one attached hydrogen (secondary N) is 1. The molecule has 0 bridgehead atoms. The molecule has 0 aliphatic carbocycles. The smallest absolute Gasteiger partial charge is 0.307 e. The lowest BCUT2D eigenvalue weighted by Crippen LogP contribution is -2.16. The van der Waals surface area contributed by atoms with E-state index in [9.17, 15) is 4.79 Å². The van der Waals surface area contributed by atoms with Crippen LogP contribution < -0.4 is 5.43 Å². The zero-order valence-corrected chi connectivity index (χ0v) is 13.9. The Morgan fingerprint density at radius 2 is 2.04 bits per heavy atom. The number of carbonyl (C=O) groups excluding carboxylic acids is 1. The van der Waals surface area contributed by atoms with E-state index in [0.29, 0.717) is 16.4 Å². The van der Waals surface area contributed by atoms with Crippen molar-refractivity contribution in [3.05, 3.63) is 70.4 Å². The summed E-state index contributed by atoms with van der Waals surface area (Å²) in [5.41, 5.74) is 5.74. The van der Waals surface area contributed by atoms with Gasteiger partial charge in [-0.3, -0.25) is 4.79 Å². The zero-order valence-electron chi connectivity index (χ0n) is 13.2. The molecule has 2 aromatic heterocycles. The zero-order chi connectivity index (χ0) is 17.1. The Morgan fingerprint density at radius 1 is 1.29 bits per heavy atom. The van der Waals surface area contributed by atoms with Gasteiger partial charge in [-0.15, -0.1) is 0 Å². The summed E-state index contributed by atoms with van der Waals surface area (Å²) in [6, 6.07) is 11.0. The molecule has 0 fully saturated rings. The van der Waals surface area contributed by atoms with Crippen LogP contribution in [0.1, 0.15) is 27.4 Å². The van der Waals surface area contributed by atoms with Crippen molar-refractivity contribution in [2.45, 2.75) is 13.8 Å². The van der Waals surface area contributed by atoms with E-state index in [2.05, 4.69) is 15.6 Å². The van der Waals surface area contributed by atoms with Gasteiger partial charge in [0.05, 0.1) is 29.4 Å². The lowest BCUT2D eigenvalue weighted by Gasteiger charge is -2.03. The van der Waals surface area contributed by atoms with Gasteiger partial charge in [-0.25, -0.2) is 10.1 Å². The van der Waals surface area contributed by atoms with Crippen molar-refractivity contribution in [3.8, 4) is 5.69 Å².